The van der Waals surface area contributed by atoms with Gasteiger partial charge >= 0.3 is 0 Å². The van der Waals surface area contributed by atoms with Gasteiger partial charge in [0.2, 0.25) is 0 Å². The van der Waals surface area contributed by atoms with E-state index < -0.39 is 0 Å². The van der Waals surface area contributed by atoms with E-state index in [4.69, 9.17) is 0 Å². The monoisotopic (exact) mass is 265 g/mol. The molecule has 2 atom stereocenters. The second-order valence-corrected chi connectivity index (χ2v) is 5.84. The van der Waals surface area contributed by atoms with Crippen LogP contribution in [0.5, 0.6) is 0 Å². The highest BCUT2D eigenvalue weighted by atomic mass is 79.9. The molecule has 1 aromatic carbocycles. The zero-order valence-electron chi connectivity index (χ0n) is 8.82. The predicted molar refractivity (Wildman–Crippen MR) is 67.2 cm³/mol. The van der Waals surface area contributed by atoms with Gasteiger partial charge in [-0.05, 0) is 55.4 Å². The lowest BCUT2D eigenvalue weighted by Crippen LogP contribution is -2.36. The Bertz CT molecular complexity index is 334. The first-order valence-corrected chi connectivity index (χ1v) is 6.61. The lowest BCUT2D eigenvalue weighted by atomic mass is 9.98. The molecule has 3 rings (SSSR count). The van der Waals surface area contributed by atoms with Gasteiger partial charge in [0.25, 0.3) is 0 Å². The minimum atomic E-state index is 0.965. The first-order valence-electron chi connectivity index (χ1n) is 5.82. The number of fused-ring (bicyclic) bond motifs is 2. The van der Waals surface area contributed by atoms with Crippen LogP contribution in [-0.4, -0.2) is 13.1 Å². The zero-order valence-corrected chi connectivity index (χ0v) is 10.4. The molecule has 15 heavy (non-hydrogen) atoms. The highest BCUT2D eigenvalue weighted by Crippen LogP contribution is 2.38. The van der Waals surface area contributed by atoms with Crippen molar-refractivity contribution in [3.8, 4) is 0 Å². The van der Waals surface area contributed by atoms with Crippen LogP contribution in [0.25, 0.3) is 0 Å². The van der Waals surface area contributed by atoms with E-state index in [0.29, 0.717) is 0 Å². The van der Waals surface area contributed by atoms with E-state index in [0.717, 1.165) is 11.8 Å². The summed E-state index contributed by atoms with van der Waals surface area (Å²) in [5.74, 6) is 1.93. The summed E-state index contributed by atoms with van der Waals surface area (Å²) in [6, 6.07) is 8.75. The van der Waals surface area contributed by atoms with Gasteiger partial charge in [-0.3, -0.25) is 0 Å². The van der Waals surface area contributed by atoms with Crippen molar-refractivity contribution < 1.29 is 0 Å². The number of rotatable bonds is 1. The molecule has 2 aliphatic rings. The maximum atomic E-state index is 3.49. The molecule has 1 aliphatic heterocycles. The number of hydrogen-bond donors (Lipinski definition) is 0. The van der Waals surface area contributed by atoms with Crippen molar-refractivity contribution in [2.45, 2.75) is 19.3 Å². The molecule has 0 amide bonds. The van der Waals surface area contributed by atoms with Crippen LogP contribution < -0.4 is 4.90 Å². The Balaban J connectivity index is 1.80. The molecule has 80 valence electrons. The molecule has 1 nitrogen and oxygen atoms in total. The molecule has 1 saturated carbocycles. The lowest BCUT2D eigenvalue weighted by Gasteiger charge is -2.33. The molecule has 0 radical (unpaired) electrons. The summed E-state index contributed by atoms with van der Waals surface area (Å²) in [7, 11) is 0. The number of halogens is 1. The first kappa shape index (κ1) is 9.71. The van der Waals surface area contributed by atoms with Crippen LogP contribution in [0.1, 0.15) is 19.3 Å². The zero-order chi connectivity index (χ0) is 10.3. The van der Waals surface area contributed by atoms with Crippen molar-refractivity contribution >= 4 is 21.6 Å². The smallest absolute Gasteiger partial charge is 0.0367 e. The van der Waals surface area contributed by atoms with Crippen molar-refractivity contribution in [2.24, 2.45) is 11.8 Å². The molecular weight excluding hydrogens is 250 g/mol. The van der Waals surface area contributed by atoms with Crippen LogP contribution in [0, 0.1) is 11.8 Å². The van der Waals surface area contributed by atoms with Crippen molar-refractivity contribution in [2.75, 3.05) is 18.0 Å². The van der Waals surface area contributed by atoms with E-state index in [1.54, 1.807) is 0 Å². The topological polar surface area (TPSA) is 3.24 Å². The molecule has 2 bridgehead atoms. The van der Waals surface area contributed by atoms with E-state index in [2.05, 4.69) is 45.1 Å². The van der Waals surface area contributed by atoms with E-state index in [1.807, 2.05) is 0 Å². The molecule has 2 unspecified atom stereocenters. The van der Waals surface area contributed by atoms with Gasteiger partial charge in [0, 0.05) is 23.2 Å². The predicted octanol–water partition coefficient (Wildman–Crippen LogP) is 3.69. The number of hydrogen-bond acceptors (Lipinski definition) is 1. The van der Waals surface area contributed by atoms with Gasteiger partial charge in [0.15, 0.2) is 0 Å². The number of anilines is 1. The van der Waals surface area contributed by atoms with Gasteiger partial charge in [0.05, 0.1) is 0 Å². The maximum Gasteiger partial charge on any atom is 0.0367 e. The Kier molecular flexibility index (Phi) is 2.47. The maximum absolute atomic E-state index is 3.49. The van der Waals surface area contributed by atoms with Crippen LogP contribution in [0.4, 0.5) is 5.69 Å². The summed E-state index contributed by atoms with van der Waals surface area (Å²) in [5, 5.41) is 0. The highest BCUT2D eigenvalue weighted by Gasteiger charge is 2.32. The molecule has 2 fully saturated rings. The van der Waals surface area contributed by atoms with Gasteiger partial charge in [-0.2, -0.15) is 0 Å². The fraction of sp³-hybridized carbons (Fsp3) is 0.538. The van der Waals surface area contributed by atoms with Gasteiger partial charge < -0.3 is 4.90 Å². The molecule has 1 saturated heterocycles. The van der Waals surface area contributed by atoms with Crippen LogP contribution in [0.3, 0.4) is 0 Å². The molecule has 1 heterocycles. The summed E-state index contributed by atoms with van der Waals surface area (Å²) in [6.45, 7) is 2.55. The molecule has 0 aromatic heterocycles. The number of benzene rings is 1. The van der Waals surface area contributed by atoms with Crippen molar-refractivity contribution in [1.82, 2.24) is 0 Å². The Morgan fingerprint density at radius 1 is 1.00 bits per heavy atom. The minimum absolute atomic E-state index is 0.965. The Morgan fingerprint density at radius 2 is 1.60 bits per heavy atom. The summed E-state index contributed by atoms with van der Waals surface area (Å²) in [6.07, 6.45) is 4.39. The van der Waals surface area contributed by atoms with Gasteiger partial charge in [-0.25, -0.2) is 0 Å². The average molecular weight is 266 g/mol. The van der Waals surface area contributed by atoms with E-state index >= 15 is 0 Å². The van der Waals surface area contributed by atoms with Crippen LogP contribution in [-0.2, 0) is 0 Å². The highest BCUT2D eigenvalue weighted by molar-refractivity contribution is 9.10. The average Bonchev–Trinajstić information content (AvgIpc) is 2.59. The van der Waals surface area contributed by atoms with Crippen LogP contribution >= 0.6 is 15.9 Å². The normalized spacial score (nSPS) is 29.5. The van der Waals surface area contributed by atoms with Crippen molar-refractivity contribution in [3.05, 3.63) is 28.7 Å². The standard InChI is InChI=1S/C13H16BrN/c14-12-3-5-13(6-4-12)15-8-10-1-2-11(7-10)9-15/h3-6,10-11H,1-2,7-9H2. The largest absolute Gasteiger partial charge is 0.371 e. The Labute approximate surface area is 99.6 Å². The SMILES string of the molecule is Brc1ccc(N2CC3CCC(C3)C2)cc1. The number of piperidine rings is 1. The summed E-state index contributed by atoms with van der Waals surface area (Å²) in [4.78, 5) is 2.57. The third-order valence-electron chi connectivity index (χ3n) is 3.80. The lowest BCUT2D eigenvalue weighted by molar-refractivity contribution is 0.421. The Hall–Kier alpha value is -0.500. The molecule has 0 N–H and O–H groups in total. The van der Waals surface area contributed by atoms with E-state index in [1.165, 1.54) is 42.5 Å². The number of nitrogens with zero attached hydrogens (tertiary/aromatic N) is 1. The van der Waals surface area contributed by atoms with Crippen molar-refractivity contribution in [1.29, 1.82) is 0 Å². The summed E-state index contributed by atoms with van der Waals surface area (Å²) >= 11 is 3.49. The van der Waals surface area contributed by atoms with Crippen LogP contribution in [0.15, 0.2) is 28.7 Å². The fourth-order valence-electron chi connectivity index (χ4n) is 3.07. The second kappa shape index (κ2) is 3.82. The first-order chi connectivity index (χ1) is 7.31. The van der Waals surface area contributed by atoms with Gasteiger partial charge in [0.1, 0.15) is 0 Å². The fourth-order valence-corrected chi connectivity index (χ4v) is 3.34. The van der Waals surface area contributed by atoms with Gasteiger partial charge in [-0.1, -0.05) is 15.9 Å². The van der Waals surface area contributed by atoms with Crippen LogP contribution in [0.2, 0.25) is 0 Å². The molecule has 1 aliphatic carbocycles. The molecule has 1 aromatic rings. The summed E-state index contributed by atoms with van der Waals surface area (Å²) < 4.78 is 1.17. The van der Waals surface area contributed by atoms with Gasteiger partial charge in [-0.15, -0.1) is 0 Å². The van der Waals surface area contributed by atoms with E-state index in [-0.39, 0.29) is 0 Å². The van der Waals surface area contributed by atoms with Crippen molar-refractivity contribution in [3.63, 3.8) is 0 Å². The third kappa shape index (κ3) is 1.92. The summed E-state index contributed by atoms with van der Waals surface area (Å²) in [5.41, 5.74) is 1.40. The molecular formula is C13H16BrN. The second-order valence-electron chi connectivity index (χ2n) is 4.93. The third-order valence-corrected chi connectivity index (χ3v) is 4.33. The minimum Gasteiger partial charge on any atom is -0.371 e. The molecule has 2 heteroatoms. The molecule has 0 spiro atoms. The Morgan fingerprint density at radius 3 is 2.20 bits per heavy atom. The quantitative estimate of drug-likeness (QED) is 0.749. The van der Waals surface area contributed by atoms with E-state index in [9.17, 15) is 0 Å².